The van der Waals surface area contributed by atoms with Crippen molar-refractivity contribution in [2.45, 2.75) is 19.8 Å². The molecule has 76 valence electrons. The fourth-order valence-electron chi connectivity index (χ4n) is 0.979. The number of unbranched alkanes of at least 4 members (excludes halogenated alkanes) is 1. The van der Waals surface area contributed by atoms with Crippen LogP contribution < -0.4 is 0 Å². The largest absolute Gasteiger partial charge is 0.462 e. The molecule has 2 nitrogen and oxygen atoms in total. The summed E-state index contributed by atoms with van der Waals surface area (Å²) in [5.74, 6) is -0.742. The van der Waals surface area contributed by atoms with Crippen LogP contribution in [-0.2, 0) is 4.74 Å². The summed E-state index contributed by atoms with van der Waals surface area (Å²) in [6.45, 7) is 2.44. The van der Waals surface area contributed by atoms with Gasteiger partial charge in [-0.05, 0) is 30.7 Å². The van der Waals surface area contributed by atoms with Gasteiger partial charge in [0.15, 0.2) is 0 Å². The fraction of sp³-hybridized carbons (Fsp3) is 0.364. The van der Waals surface area contributed by atoms with E-state index in [9.17, 15) is 9.18 Å². The molecule has 0 fully saturated rings. The zero-order chi connectivity index (χ0) is 10.4. The number of ether oxygens (including phenoxy) is 1. The third-order valence-corrected chi connectivity index (χ3v) is 1.81. The molecule has 0 aliphatic rings. The van der Waals surface area contributed by atoms with E-state index in [-0.39, 0.29) is 5.82 Å². The van der Waals surface area contributed by atoms with Crippen molar-refractivity contribution in [3.8, 4) is 0 Å². The lowest BCUT2D eigenvalue weighted by Crippen LogP contribution is -2.06. The molecule has 0 amide bonds. The Balaban J connectivity index is 2.48. The smallest absolute Gasteiger partial charge is 0.338 e. The van der Waals surface area contributed by atoms with Crippen LogP contribution in [0.3, 0.4) is 0 Å². The third kappa shape index (κ3) is 3.17. The van der Waals surface area contributed by atoms with Crippen LogP contribution in [-0.4, -0.2) is 12.6 Å². The molecule has 1 rings (SSSR count). The second-order valence-corrected chi connectivity index (χ2v) is 3.00. The predicted molar refractivity (Wildman–Crippen MR) is 51.6 cm³/mol. The van der Waals surface area contributed by atoms with Crippen molar-refractivity contribution >= 4 is 5.97 Å². The molecule has 0 saturated heterocycles. The number of benzene rings is 1. The number of hydrogen-bond donors (Lipinski definition) is 0. The lowest BCUT2D eigenvalue weighted by molar-refractivity contribution is 0.0499. The van der Waals surface area contributed by atoms with Gasteiger partial charge in [-0.1, -0.05) is 13.3 Å². The standard InChI is InChI=1S/C11H13FO2/c1-2-3-8-14-11(13)9-4-6-10(12)7-5-9/h4-7H,2-3,8H2,1H3. The van der Waals surface area contributed by atoms with Gasteiger partial charge in [0.25, 0.3) is 0 Å². The van der Waals surface area contributed by atoms with E-state index in [1.54, 1.807) is 0 Å². The van der Waals surface area contributed by atoms with Gasteiger partial charge in [0.05, 0.1) is 12.2 Å². The monoisotopic (exact) mass is 196 g/mol. The summed E-state index contributed by atoms with van der Waals surface area (Å²) >= 11 is 0. The quantitative estimate of drug-likeness (QED) is 0.546. The Morgan fingerprint density at radius 2 is 2.00 bits per heavy atom. The predicted octanol–water partition coefficient (Wildman–Crippen LogP) is 2.78. The van der Waals surface area contributed by atoms with Crippen molar-refractivity contribution in [1.82, 2.24) is 0 Å². The van der Waals surface area contributed by atoms with E-state index in [0.29, 0.717) is 12.2 Å². The van der Waals surface area contributed by atoms with Gasteiger partial charge in [0, 0.05) is 0 Å². The molecular weight excluding hydrogens is 183 g/mol. The first-order chi connectivity index (χ1) is 6.74. The molecule has 0 bridgehead atoms. The average Bonchev–Trinajstić information content (AvgIpc) is 2.19. The molecule has 0 radical (unpaired) electrons. The summed E-state index contributed by atoms with van der Waals surface area (Å²) in [5, 5.41) is 0. The number of rotatable bonds is 4. The molecule has 1 aromatic rings. The molecule has 0 heterocycles. The molecule has 0 atom stereocenters. The number of carbonyl (C=O) groups excluding carboxylic acids is 1. The fourth-order valence-corrected chi connectivity index (χ4v) is 0.979. The Labute approximate surface area is 82.7 Å². The molecule has 0 aromatic heterocycles. The molecule has 1 aromatic carbocycles. The van der Waals surface area contributed by atoms with Gasteiger partial charge >= 0.3 is 5.97 Å². The van der Waals surface area contributed by atoms with Gasteiger partial charge in [-0.3, -0.25) is 0 Å². The van der Waals surface area contributed by atoms with E-state index < -0.39 is 5.97 Å². The number of carbonyl (C=O) groups is 1. The maximum absolute atomic E-state index is 12.5. The zero-order valence-corrected chi connectivity index (χ0v) is 8.13. The Morgan fingerprint density at radius 3 is 2.57 bits per heavy atom. The average molecular weight is 196 g/mol. The van der Waals surface area contributed by atoms with Crippen molar-refractivity contribution in [2.75, 3.05) is 6.61 Å². The van der Waals surface area contributed by atoms with Gasteiger partial charge in [0.2, 0.25) is 0 Å². The lowest BCUT2D eigenvalue weighted by atomic mass is 10.2. The first kappa shape index (κ1) is 10.7. The van der Waals surface area contributed by atoms with Crippen LogP contribution in [0.1, 0.15) is 30.1 Å². The third-order valence-electron chi connectivity index (χ3n) is 1.81. The number of esters is 1. The molecule has 3 heteroatoms. The van der Waals surface area contributed by atoms with Crippen molar-refractivity contribution in [3.05, 3.63) is 35.6 Å². The van der Waals surface area contributed by atoms with Crippen molar-refractivity contribution in [3.63, 3.8) is 0 Å². The van der Waals surface area contributed by atoms with E-state index in [4.69, 9.17) is 4.74 Å². The molecular formula is C11H13FO2. The van der Waals surface area contributed by atoms with Crippen LogP contribution in [0.4, 0.5) is 4.39 Å². The minimum absolute atomic E-state index is 0.352. The van der Waals surface area contributed by atoms with Crippen molar-refractivity contribution in [2.24, 2.45) is 0 Å². The van der Waals surface area contributed by atoms with Crippen molar-refractivity contribution in [1.29, 1.82) is 0 Å². The molecule has 0 saturated carbocycles. The lowest BCUT2D eigenvalue weighted by Gasteiger charge is -2.02. The summed E-state index contributed by atoms with van der Waals surface area (Å²) in [6.07, 6.45) is 1.84. The van der Waals surface area contributed by atoms with Gasteiger partial charge in [-0.15, -0.1) is 0 Å². The highest BCUT2D eigenvalue weighted by molar-refractivity contribution is 5.89. The van der Waals surface area contributed by atoms with Crippen LogP contribution in [0.25, 0.3) is 0 Å². The van der Waals surface area contributed by atoms with Crippen LogP contribution in [0, 0.1) is 5.82 Å². The number of halogens is 1. The second kappa shape index (κ2) is 5.37. The van der Waals surface area contributed by atoms with E-state index in [0.717, 1.165) is 12.8 Å². The topological polar surface area (TPSA) is 26.3 Å². The minimum atomic E-state index is -0.390. The Hall–Kier alpha value is -1.38. The first-order valence-electron chi connectivity index (χ1n) is 4.66. The van der Waals surface area contributed by atoms with E-state index in [1.165, 1.54) is 24.3 Å². The summed E-state index contributed by atoms with van der Waals surface area (Å²) in [6, 6.07) is 5.33. The highest BCUT2D eigenvalue weighted by Crippen LogP contribution is 2.04. The van der Waals surface area contributed by atoms with Crippen LogP contribution in [0.5, 0.6) is 0 Å². The minimum Gasteiger partial charge on any atom is -0.462 e. The van der Waals surface area contributed by atoms with Crippen LogP contribution in [0.2, 0.25) is 0 Å². The highest BCUT2D eigenvalue weighted by Gasteiger charge is 2.05. The normalized spacial score (nSPS) is 9.86. The Kier molecular flexibility index (Phi) is 4.11. The molecule has 0 N–H and O–H groups in total. The summed E-state index contributed by atoms with van der Waals surface area (Å²) in [4.78, 5) is 11.3. The summed E-state index contributed by atoms with van der Waals surface area (Å²) < 4.78 is 17.5. The number of hydrogen-bond acceptors (Lipinski definition) is 2. The Morgan fingerprint density at radius 1 is 1.36 bits per heavy atom. The van der Waals surface area contributed by atoms with Crippen LogP contribution >= 0.6 is 0 Å². The Bertz CT molecular complexity index is 293. The first-order valence-corrected chi connectivity index (χ1v) is 4.66. The molecule has 0 spiro atoms. The van der Waals surface area contributed by atoms with Gasteiger partial charge in [0.1, 0.15) is 5.82 Å². The molecule has 14 heavy (non-hydrogen) atoms. The maximum atomic E-state index is 12.5. The van der Waals surface area contributed by atoms with E-state index in [2.05, 4.69) is 0 Å². The van der Waals surface area contributed by atoms with Gasteiger partial charge in [-0.25, -0.2) is 9.18 Å². The van der Waals surface area contributed by atoms with Crippen molar-refractivity contribution < 1.29 is 13.9 Å². The highest BCUT2D eigenvalue weighted by atomic mass is 19.1. The van der Waals surface area contributed by atoms with Gasteiger partial charge < -0.3 is 4.74 Å². The molecule has 0 unspecified atom stereocenters. The molecule has 0 aliphatic carbocycles. The molecule has 0 aliphatic heterocycles. The maximum Gasteiger partial charge on any atom is 0.338 e. The summed E-state index contributed by atoms with van der Waals surface area (Å²) in [5.41, 5.74) is 0.391. The summed E-state index contributed by atoms with van der Waals surface area (Å²) in [7, 11) is 0. The van der Waals surface area contributed by atoms with Gasteiger partial charge in [-0.2, -0.15) is 0 Å². The van der Waals surface area contributed by atoms with Crippen LogP contribution in [0.15, 0.2) is 24.3 Å². The van der Waals surface area contributed by atoms with E-state index >= 15 is 0 Å². The second-order valence-electron chi connectivity index (χ2n) is 3.00. The SMILES string of the molecule is CCCCOC(=O)c1ccc(F)cc1. The zero-order valence-electron chi connectivity index (χ0n) is 8.13. The van der Waals surface area contributed by atoms with E-state index in [1.807, 2.05) is 6.92 Å².